The van der Waals surface area contributed by atoms with Gasteiger partial charge in [-0.1, -0.05) is 33.3 Å². The molecule has 0 spiro atoms. The van der Waals surface area contributed by atoms with E-state index in [-0.39, 0.29) is 17.3 Å². The minimum atomic E-state index is -0.207. The van der Waals surface area contributed by atoms with E-state index < -0.39 is 0 Å². The molecule has 20 heavy (non-hydrogen) atoms. The molecule has 1 saturated carbocycles. The average molecular weight is 277 g/mol. The van der Waals surface area contributed by atoms with Gasteiger partial charge in [-0.25, -0.2) is 4.39 Å². The number of aryl methyl sites for hydroxylation is 2. The molecule has 2 heteroatoms. The van der Waals surface area contributed by atoms with Crippen molar-refractivity contribution in [3.05, 3.63) is 34.6 Å². The number of rotatable bonds is 2. The number of benzene rings is 1. The Morgan fingerprint density at radius 1 is 1.20 bits per heavy atom. The minimum absolute atomic E-state index is 0.0710. The molecule has 1 fully saturated rings. The van der Waals surface area contributed by atoms with Gasteiger partial charge in [0.1, 0.15) is 5.82 Å². The van der Waals surface area contributed by atoms with Crippen LogP contribution in [0.4, 0.5) is 4.39 Å². The van der Waals surface area contributed by atoms with Crippen molar-refractivity contribution in [3.8, 4) is 0 Å². The van der Waals surface area contributed by atoms with Gasteiger partial charge in [0.25, 0.3) is 0 Å². The van der Waals surface area contributed by atoms with Crippen LogP contribution in [0.2, 0.25) is 0 Å². The third kappa shape index (κ3) is 2.76. The number of hydrogen-bond acceptors (Lipinski definition) is 1. The SMILES string of the molecule is Cc1cc(C)c(C(C)(C)C2CCC(C)CC2N)c(F)c1. The normalized spacial score (nSPS) is 27.6. The van der Waals surface area contributed by atoms with E-state index in [4.69, 9.17) is 5.73 Å². The van der Waals surface area contributed by atoms with Crippen molar-refractivity contribution in [2.24, 2.45) is 17.6 Å². The summed E-state index contributed by atoms with van der Waals surface area (Å²) in [5, 5.41) is 0. The van der Waals surface area contributed by atoms with Crippen LogP contribution in [0.5, 0.6) is 0 Å². The van der Waals surface area contributed by atoms with E-state index in [0.717, 1.165) is 29.5 Å². The molecule has 1 aliphatic rings. The maximum Gasteiger partial charge on any atom is 0.127 e. The van der Waals surface area contributed by atoms with Crippen molar-refractivity contribution in [2.45, 2.75) is 65.3 Å². The van der Waals surface area contributed by atoms with Crippen molar-refractivity contribution in [3.63, 3.8) is 0 Å². The van der Waals surface area contributed by atoms with Crippen LogP contribution >= 0.6 is 0 Å². The lowest BCUT2D eigenvalue weighted by Gasteiger charge is -2.43. The summed E-state index contributed by atoms with van der Waals surface area (Å²) in [4.78, 5) is 0. The molecular formula is C18H28FN. The van der Waals surface area contributed by atoms with E-state index in [1.807, 2.05) is 13.8 Å². The standard InChI is InChI=1S/C18H28FN/c1-11-6-7-14(16(20)10-11)18(4,5)17-13(3)8-12(2)9-15(17)19/h8-9,11,14,16H,6-7,10,20H2,1-5H3. The minimum Gasteiger partial charge on any atom is -0.327 e. The van der Waals surface area contributed by atoms with Gasteiger partial charge in [-0.3, -0.25) is 0 Å². The molecule has 112 valence electrons. The highest BCUT2D eigenvalue weighted by Crippen LogP contribution is 2.43. The molecule has 0 aliphatic heterocycles. The lowest BCUT2D eigenvalue weighted by Crippen LogP contribution is -2.46. The van der Waals surface area contributed by atoms with Crippen molar-refractivity contribution in [1.29, 1.82) is 0 Å². The molecule has 0 bridgehead atoms. The van der Waals surface area contributed by atoms with E-state index in [9.17, 15) is 4.39 Å². The van der Waals surface area contributed by atoms with E-state index in [2.05, 4.69) is 26.8 Å². The summed E-state index contributed by atoms with van der Waals surface area (Å²) in [5.74, 6) is 0.980. The Morgan fingerprint density at radius 3 is 2.40 bits per heavy atom. The maximum atomic E-state index is 14.5. The average Bonchev–Trinajstić information content (AvgIpc) is 2.25. The zero-order valence-corrected chi connectivity index (χ0v) is 13.5. The zero-order valence-electron chi connectivity index (χ0n) is 13.5. The molecule has 1 aliphatic carbocycles. The van der Waals surface area contributed by atoms with Crippen molar-refractivity contribution in [1.82, 2.24) is 0 Å². The molecule has 1 nitrogen and oxygen atoms in total. The van der Waals surface area contributed by atoms with Crippen molar-refractivity contribution < 1.29 is 4.39 Å². The monoisotopic (exact) mass is 277 g/mol. The first-order chi connectivity index (χ1) is 9.23. The Bertz CT molecular complexity index is 469. The molecule has 3 atom stereocenters. The Hall–Kier alpha value is -0.890. The fraction of sp³-hybridized carbons (Fsp3) is 0.667. The molecule has 1 aromatic carbocycles. The third-order valence-electron chi connectivity index (χ3n) is 5.16. The van der Waals surface area contributed by atoms with Crippen molar-refractivity contribution in [2.75, 3.05) is 0 Å². The van der Waals surface area contributed by atoms with E-state index >= 15 is 0 Å². The molecule has 0 aromatic heterocycles. The largest absolute Gasteiger partial charge is 0.327 e. The Labute approximate surface area is 122 Å². The van der Waals surface area contributed by atoms with Crippen LogP contribution in [-0.4, -0.2) is 6.04 Å². The highest BCUT2D eigenvalue weighted by molar-refractivity contribution is 5.38. The first-order valence-electron chi connectivity index (χ1n) is 7.76. The second kappa shape index (κ2) is 5.48. The van der Waals surface area contributed by atoms with Gasteiger partial charge >= 0.3 is 0 Å². The Balaban J connectivity index is 2.40. The van der Waals surface area contributed by atoms with Crippen LogP contribution in [-0.2, 0) is 5.41 Å². The fourth-order valence-corrected chi connectivity index (χ4v) is 4.24. The summed E-state index contributed by atoms with van der Waals surface area (Å²) < 4.78 is 14.5. The molecule has 0 saturated heterocycles. The molecule has 2 rings (SSSR count). The third-order valence-corrected chi connectivity index (χ3v) is 5.16. The molecule has 3 unspecified atom stereocenters. The predicted octanol–water partition coefficient (Wildman–Crippen LogP) is 4.48. The number of nitrogens with two attached hydrogens (primary N) is 1. The molecule has 0 radical (unpaired) electrons. The summed E-state index contributed by atoms with van der Waals surface area (Å²) >= 11 is 0. The Kier molecular flexibility index (Phi) is 4.24. The quantitative estimate of drug-likeness (QED) is 0.847. The van der Waals surface area contributed by atoms with E-state index in [0.29, 0.717) is 11.8 Å². The van der Waals surface area contributed by atoms with Gasteiger partial charge in [0.15, 0.2) is 0 Å². The lowest BCUT2D eigenvalue weighted by atomic mass is 9.63. The summed E-state index contributed by atoms with van der Waals surface area (Å²) in [6, 6.07) is 3.91. The van der Waals surface area contributed by atoms with Crippen LogP contribution in [0.15, 0.2) is 12.1 Å². The molecule has 0 heterocycles. The summed E-state index contributed by atoms with van der Waals surface area (Å²) in [6.07, 6.45) is 3.36. The van der Waals surface area contributed by atoms with E-state index in [1.54, 1.807) is 6.07 Å². The highest BCUT2D eigenvalue weighted by atomic mass is 19.1. The van der Waals surface area contributed by atoms with Gasteiger partial charge in [0.05, 0.1) is 0 Å². The van der Waals surface area contributed by atoms with Gasteiger partial charge in [-0.15, -0.1) is 0 Å². The van der Waals surface area contributed by atoms with Gasteiger partial charge < -0.3 is 5.73 Å². The molecule has 1 aromatic rings. The van der Waals surface area contributed by atoms with Crippen LogP contribution in [0, 0.1) is 31.5 Å². The summed E-state index contributed by atoms with van der Waals surface area (Å²) in [6.45, 7) is 10.5. The number of halogens is 1. The van der Waals surface area contributed by atoms with Crippen molar-refractivity contribution >= 4 is 0 Å². The predicted molar refractivity (Wildman–Crippen MR) is 83.4 cm³/mol. The smallest absolute Gasteiger partial charge is 0.127 e. The topological polar surface area (TPSA) is 26.0 Å². The highest BCUT2D eigenvalue weighted by Gasteiger charge is 2.40. The second-order valence-electron chi connectivity index (χ2n) is 7.35. The van der Waals surface area contributed by atoms with Crippen LogP contribution in [0.3, 0.4) is 0 Å². The van der Waals surface area contributed by atoms with Crippen LogP contribution in [0.1, 0.15) is 56.7 Å². The summed E-state index contributed by atoms with van der Waals surface area (Å²) in [5.41, 5.74) is 9.09. The molecule has 0 amide bonds. The fourth-order valence-electron chi connectivity index (χ4n) is 4.24. The first kappa shape index (κ1) is 15.5. The first-order valence-corrected chi connectivity index (χ1v) is 7.76. The van der Waals surface area contributed by atoms with E-state index in [1.165, 1.54) is 6.42 Å². The number of hydrogen-bond donors (Lipinski definition) is 1. The van der Waals surface area contributed by atoms with Crippen LogP contribution < -0.4 is 5.73 Å². The van der Waals surface area contributed by atoms with Gasteiger partial charge in [0, 0.05) is 6.04 Å². The summed E-state index contributed by atoms with van der Waals surface area (Å²) in [7, 11) is 0. The molecule has 2 N–H and O–H groups in total. The molecular weight excluding hydrogens is 249 g/mol. The van der Waals surface area contributed by atoms with Crippen LogP contribution in [0.25, 0.3) is 0 Å². The maximum absolute atomic E-state index is 14.5. The van der Waals surface area contributed by atoms with Gasteiger partial charge in [-0.05, 0) is 66.7 Å². The van der Waals surface area contributed by atoms with Gasteiger partial charge in [-0.2, -0.15) is 0 Å². The Morgan fingerprint density at radius 2 is 1.85 bits per heavy atom. The van der Waals surface area contributed by atoms with Gasteiger partial charge in [0.2, 0.25) is 0 Å². The second-order valence-corrected chi connectivity index (χ2v) is 7.35. The lowest BCUT2D eigenvalue weighted by molar-refractivity contribution is 0.167. The zero-order chi connectivity index (χ0) is 15.1.